The second-order valence-corrected chi connectivity index (χ2v) is 11.2. The Morgan fingerprint density at radius 1 is 0.907 bits per heavy atom. The average Bonchev–Trinajstić information content (AvgIpc) is 3.70. The van der Waals surface area contributed by atoms with Gasteiger partial charge < -0.3 is 36.6 Å². The number of phenols is 1. The number of likely N-dealkylation sites (N-methyl/N-ethyl adjacent to an activating group) is 1. The van der Waals surface area contributed by atoms with Gasteiger partial charge >= 0.3 is 0 Å². The molecule has 0 radical (unpaired) electrons. The van der Waals surface area contributed by atoms with Gasteiger partial charge in [-0.3, -0.25) is 24.0 Å². The van der Waals surface area contributed by atoms with Crippen molar-refractivity contribution in [1.82, 2.24) is 20.0 Å². The van der Waals surface area contributed by atoms with Crippen LogP contribution in [0.4, 0.5) is 0 Å². The molecule has 4 atom stereocenters. The molecule has 4 rings (SSSR count). The number of primary amides is 1. The molecule has 2 aromatic rings. The van der Waals surface area contributed by atoms with E-state index in [0.717, 1.165) is 11.1 Å². The molecule has 0 aromatic heterocycles. The predicted octanol–water partition coefficient (Wildman–Crippen LogP) is -0.0848. The standard InChI is InChI=1S/C31H40N6O6/c1-35(31(43)25-10-6-16-37(25)30(42)23(32)17-21-11-13-22(38)14-12-21)26(18-20-7-3-2-4-8-20)29(41)34-19-27(39)36-15-5-9-24(36)28(33)40/h2-4,7-8,11-14,23-26,38H,5-6,9-10,15-19,32H2,1H3,(H2,33,40)(H,34,41)/t23-,24+,25-,26-/m0/s1. The van der Waals surface area contributed by atoms with Crippen LogP contribution in [0, 0.1) is 0 Å². The van der Waals surface area contributed by atoms with E-state index in [9.17, 15) is 29.1 Å². The van der Waals surface area contributed by atoms with Crippen molar-refractivity contribution in [2.45, 2.75) is 62.7 Å². The maximum Gasteiger partial charge on any atom is 0.245 e. The van der Waals surface area contributed by atoms with Crippen LogP contribution < -0.4 is 16.8 Å². The highest BCUT2D eigenvalue weighted by atomic mass is 16.3. The lowest BCUT2D eigenvalue weighted by molar-refractivity contribution is -0.147. The van der Waals surface area contributed by atoms with Crippen LogP contribution in [-0.4, -0.2) is 100 Å². The molecule has 5 amide bonds. The van der Waals surface area contributed by atoms with E-state index in [0.29, 0.717) is 38.8 Å². The first-order chi connectivity index (χ1) is 20.6. The molecule has 2 aliphatic heterocycles. The number of hydrogen-bond donors (Lipinski definition) is 4. The molecule has 12 nitrogen and oxygen atoms in total. The first-order valence-corrected chi connectivity index (χ1v) is 14.6. The van der Waals surface area contributed by atoms with Gasteiger partial charge in [-0.2, -0.15) is 0 Å². The molecule has 2 heterocycles. The van der Waals surface area contributed by atoms with Gasteiger partial charge in [0.1, 0.15) is 23.9 Å². The second kappa shape index (κ2) is 14.1. The third-order valence-corrected chi connectivity index (χ3v) is 8.24. The van der Waals surface area contributed by atoms with Gasteiger partial charge in [-0.1, -0.05) is 42.5 Å². The molecule has 0 spiro atoms. The van der Waals surface area contributed by atoms with Crippen LogP contribution >= 0.6 is 0 Å². The Labute approximate surface area is 251 Å². The van der Waals surface area contributed by atoms with Gasteiger partial charge in [-0.15, -0.1) is 0 Å². The van der Waals surface area contributed by atoms with Crippen LogP contribution in [0.25, 0.3) is 0 Å². The third-order valence-electron chi connectivity index (χ3n) is 8.24. The summed E-state index contributed by atoms with van der Waals surface area (Å²) >= 11 is 0. The number of nitrogens with zero attached hydrogens (tertiary/aromatic N) is 3. The summed E-state index contributed by atoms with van der Waals surface area (Å²) in [5, 5.41) is 12.2. The topological polar surface area (TPSA) is 179 Å². The van der Waals surface area contributed by atoms with Gasteiger partial charge in [0, 0.05) is 26.6 Å². The summed E-state index contributed by atoms with van der Waals surface area (Å²) in [6.07, 6.45) is 2.62. The molecule has 43 heavy (non-hydrogen) atoms. The molecule has 0 bridgehead atoms. The van der Waals surface area contributed by atoms with E-state index in [-0.39, 0.29) is 31.0 Å². The van der Waals surface area contributed by atoms with Crippen LogP contribution in [0.15, 0.2) is 54.6 Å². The van der Waals surface area contributed by atoms with Crippen molar-refractivity contribution in [3.8, 4) is 5.75 Å². The minimum Gasteiger partial charge on any atom is -0.508 e. The van der Waals surface area contributed by atoms with E-state index in [1.165, 1.54) is 33.9 Å². The van der Waals surface area contributed by atoms with E-state index in [2.05, 4.69) is 5.32 Å². The Balaban J connectivity index is 1.45. The summed E-state index contributed by atoms with van der Waals surface area (Å²) in [5.74, 6) is -2.16. The Morgan fingerprint density at radius 2 is 1.51 bits per heavy atom. The quantitative estimate of drug-likeness (QED) is 0.282. The van der Waals surface area contributed by atoms with Crippen molar-refractivity contribution < 1.29 is 29.1 Å². The van der Waals surface area contributed by atoms with Crippen LogP contribution in [0.5, 0.6) is 5.75 Å². The maximum absolute atomic E-state index is 13.8. The third kappa shape index (κ3) is 7.69. The van der Waals surface area contributed by atoms with Gasteiger partial charge in [-0.05, 0) is 55.4 Å². The van der Waals surface area contributed by atoms with E-state index in [4.69, 9.17) is 11.5 Å². The molecule has 0 unspecified atom stereocenters. The molecule has 230 valence electrons. The molecule has 2 aliphatic rings. The lowest BCUT2D eigenvalue weighted by Crippen LogP contribution is -2.57. The summed E-state index contributed by atoms with van der Waals surface area (Å²) in [4.78, 5) is 69.5. The first kappa shape index (κ1) is 31.5. The summed E-state index contributed by atoms with van der Waals surface area (Å²) < 4.78 is 0. The molecule has 2 saturated heterocycles. The monoisotopic (exact) mass is 592 g/mol. The van der Waals surface area contributed by atoms with E-state index >= 15 is 0 Å². The van der Waals surface area contributed by atoms with Crippen LogP contribution in [0.1, 0.15) is 36.8 Å². The number of aromatic hydroxyl groups is 1. The SMILES string of the molecule is CN(C(=O)[C@@H]1CCCN1C(=O)[C@@H](N)Cc1ccc(O)cc1)[C@@H](Cc1ccccc1)C(=O)NCC(=O)N1CCC[C@@H]1C(N)=O. The number of likely N-dealkylation sites (tertiary alicyclic amines) is 2. The lowest BCUT2D eigenvalue weighted by Gasteiger charge is -2.33. The minimum absolute atomic E-state index is 0.112. The van der Waals surface area contributed by atoms with Crippen molar-refractivity contribution in [3.63, 3.8) is 0 Å². The fourth-order valence-electron chi connectivity index (χ4n) is 5.85. The fourth-order valence-corrected chi connectivity index (χ4v) is 5.85. The normalized spacial score (nSPS) is 19.5. The number of rotatable bonds is 11. The van der Waals surface area contributed by atoms with Crippen LogP contribution in [-0.2, 0) is 36.8 Å². The number of phenolic OH excluding ortho intramolecular Hbond substituents is 1. The summed E-state index contributed by atoms with van der Waals surface area (Å²) in [6.45, 7) is 0.415. The molecule has 12 heteroatoms. The molecule has 0 saturated carbocycles. The van der Waals surface area contributed by atoms with Gasteiger partial charge in [-0.25, -0.2) is 0 Å². The zero-order valence-corrected chi connectivity index (χ0v) is 24.4. The first-order valence-electron chi connectivity index (χ1n) is 14.6. The van der Waals surface area contributed by atoms with Crippen molar-refractivity contribution in [2.75, 3.05) is 26.7 Å². The van der Waals surface area contributed by atoms with Crippen molar-refractivity contribution in [3.05, 3.63) is 65.7 Å². The minimum atomic E-state index is -0.962. The van der Waals surface area contributed by atoms with Gasteiger partial charge in [0.05, 0.1) is 12.6 Å². The summed E-state index contributed by atoms with van der Waals surface area (Å²) in [6, 6.07) is 12.3. The van der Waals surface area contributed by atoms with E-state index in [1.54, 1.807) is 12.1 Å². The predicted molar refractivity (Wildman–Crippen MR) is 158 cm³/mol. The van der Waals surface area contributed by atoms with Gasteiger partial charge in [0.25, 0.3) is 0 Å². The molecule has 6 N–H and O–H groups in total. The van der Waals surface area contributed by atoms with E-state index < -0.39 is 47.8 Å². The van der Waals surface area contributed by atoms with Gasteiger partial charge in [0.15, 0.2) is 0 Å². The Kier molecular flexibility index (Phi) is 10.4. The maximum atomic E-state index is 13.8. The van der Waals surface area contributed by atoms with Crippen molar-refractivity contribution in [2.24, 2.45) is 11.5 Å². The Bertz CT molecular complexity index is 1320. The zero-order chi connectivity index (χ0) is 31.1. The molecule has 0 aliphatic carbocycles. The van der Waals surface area contributed by atoms with Gasteiger partial charge in [0.2, 0.25) is 29.5 Å². The largest absolute Gasteiger partial charge is 0.508 e. The van der Waals surface area contributed by atoms with Crippen LogP contribution in [0.2, 0.25) is 0 Å². The van der Waals surface area contributed by atoms with E-state index in [1.807, 2.05) is 30.3 Å². The number of benzene rings is 2. The summed E-state index contributed by atoms with van der Waals surface area (Å²) in [5.41, 5.74) is 13.3. The Hall–Kier alpha value is -4.45. The second-order valence-electron chi connectivity index (χ2n) is 11.2. The summed E-state index contributed by atoms with van der Waals surface area (Å²) in [7, 11) is 1.53. The van der Waals surface area contributed by atoms with Crippen molar-refractivity contribution >= 4 is 29.5 Å². The number of nitrogens with two attached hydrogens (primary N) is 2. The highest BCUT2D eigenvalue weighted by molar-refractivity contribution is 5.95. The number of hydrogen-bond acceptors (Lipinski definition) is 7. The molecular formula is C31H40N6O6. The van der Waals surface area contributed by atoms with Crippen molar-refractivity contribution in [1.29, 1.82) is 0 Å². The highest BCUT2D eigenvalue weighted by Crippen LogP contribution is 2.23. The molecular weight excluding hydrogens is 552 g/mol. The fraction of sp³-hybridized carbons (Fsp3) is 0.452. The lowest BCUT2D eigenvalue weighted by atomic mass is 10.0. The average molecular weight is 593 g/mol. The zero-order valence-electron chi connectivity index (χ0n) is 24.4. The highest BCUT2D eigenvalue weighted by Gasteiger charge is 2.40. The number of amides is 5. The number of carbonyl (C=O) groups is 5. The molecule has 2 aromatic carbocycles. The molecule has 2 fully saturated rings. The van der Waals surface area contributed by atoms with Crippen LogP contribution in [0.3, 0.4) is 0 Å². The Morgan fingerprint density at radius 3 is 2.16 bits per heavy atom. The number of nitrogens with one attached hydrogen (secondary N) is 1. The smallest absolute Gasteiger partial charge is 0.245 e. The number of carbonyl (C=O) groups excluding carboxylic acids is 5.